The Bertz CT molecular complexity index is 1080. The van der Waals surface area contributed by atoms with Crippen LogP contribution >= 0.6 is 0 Å². The minimum Gasteiger partial charge on any atom is -0.382 e. The molecule has 0 bridgehead atoms. The minimum atomic E-state index is -0.509. The lowest BCUT2D eigenvalue weighted by atomic mass is 10.1. The molecule has 9 nitrogen and oxygen atoms in total. The number of hydrogen-bond acceptors (Lipinski definition) is 5. The number of benzene rings is 2. The fraction of sp³-hybridized carbons (Fsp3) is 0.238. The number of hydrogen-bond donors (Lipinski definition) is 3. The van der Waals surface area contributed by atoms with Gasteiger partial charge >= 0.3 is 0 Å². The monoisotopic (exact) mass is 410 g/mol. The molecular weight excluding hydrogens is 388 g/mol. The number of nitrogens with one attached hydrogen (secondary N) is 3. The molecule has 0 aliphatic rings. The average molecular weight is 410 g/mol. The molecule has 0 unspecified atom stereocenters. The zero-order chi connectivity index (χ0) is 21.5. The van der Waals surface area contributed by atoms with Crippen molar-refractivity contribution < 1.29 is 19.2 Å². The quantitative estimate of drug-likeness (QED) is 0.283. The van der Waals surface area contributed by atoms with E-state index in [1.165, 1.54) is 18.3 Å². The Kier molecular flexibility index (Phi) is 6.76. The molecule has 3 rings (SSSR count). The van der Waals surface area contributed by atoms with E-state index in [0.29, 0.717) is 48.3 Å². The highest BCUT2D eigenvalue weighted by atomic mass is 16.6. The predicted octanol–water partition coefficient (Wildman–Crippen LogP) is 3.48. The largest absolute Gasteiger partial charge is 0.382 e. The van der Waals surface area contributed by atoms with E-state index in [2.05, 4.69) is 15.6 Å². The Morgan fingerprint density at radius 1 is 1.17 bits per heavy atom. The molecule has 0 saturated heterocycles. The number of amides is 2. The van der Waals surface area contributed by atoms with Crippen molar-refractivity contribution in [3.05, 3.63) is 69.9 Å². The van der Waals surface area contributed by atoms with Crippen LogP contribution in [0.1, 0.15) is 34.1 Å². The summed E-state index contributed by atoms with van der Waals surface area (Å²) in [5, 5.41) is 17.0. The summed E-state index contributed by atoms with van der Waals surface area (Å²) in [6, 6.07) is 10.9. The van der Waals surface area contributed by atoms with Crippen molar-refractivity contribution in [2.45, 2.75) is 13.3 Å². The second kappa shape index (κ2) is 9.66. The number of nitrogens with zero attached hydrogens (tertiary/aromatic N) is 1. The molecule has 9 heteroatoms. The summed E-state index contributed by atoms with van der Waals surface area (Å²) in [7, 11) is 0. The Balaban J connectivity index is 1.69. The number of carbonyl (C=O) groups excluding carboxylic acids is 2. The maximum Gasteiger partial charge on any atom is 0.270 e. The summed E-state index contributed by atoms with van der Waals surface area (Å²) in [5.41, 5.74) is 1.66. The molecular formula is C21H22N4O5. The van der Waals surface area contributed by atoms with Crippen molar-refractivity contribution >= 4 is 34.1 Å². The highest BCUT2D eigenvalue weighted by Gasteiger charge is 2.16. The number of anilines is 1. The Morgan fingerprint density at radius 2 is 2.00 bits per heavy atom. The first-order valence-electron chi connectivity index (χ1n) is 9.52. The summed E-state index contributed by atoms with van der Waals surface area (Å²) in [6.07, 6.45) is 2.21. The highest BCUT2D eigenvalue weighted by Crippen LogP contribution is 2.24. The normalized spacial score (nSPS) is 10.7. The molecule has 30 heavy (non-hydrogen) atoms. The molecule has 1 heterocycles. The minimum absolute atomic E-state index is 0.0980. The van der Waals surface area contributed by atoms with Crippen LogP contribution in [-0.2, 0) is 4.74 Å². The SMILES string of the molecule is CCOCCCNC(=O)c1cccc(NC(=O)c2c[nH]c3ccc([N+](=O)[O-])cc23)c1. The van der Waals surface area contributed by atoms with E-state index in [0.717, 1.165) is 0 Å². The van der Waals surface area contributed by atoms with Gasteiger partial charge in [0.1, 0.15) is 0 Å². The number of nitro groups is 1. The van der Waals surface area contributed by atoms with E-state index in [4.69, 9.17) is 4.74 Å². The van der Waals surface area contributed by atoms with Crippen LogP contribution in [0, 0.1) is 10.1 Å². The zero-order valence-corrected chi connectivity index (χ0v) is 16.4. The molecule has 0 atom stereocenters. The number of rotatable bonds is 9. The molecule has 156 valence electrons. The molecule has 0 radical (unpaired) electrons. The van der Waals surface area contributed by atoms with E-state index in [-0.39, 0.29) is 17.2 Å². The molecule has 0 spiro atoms. The number of aromatic nitrogens is 1. The van der Waals surface area contributed by atoms with Crippen LogP contribution in [-0.4, -0.2) is 41.5 Å². The van der Waals surface area contributed by atoms with Crippen LogP contribution in [0.3, 0.4) is 0 Å². The summed E-state index contributed by atoms with van der Waals surface area (Å²) in [4.78, 5) is 38.4. The Hall–Kier alpha value is -3.72. The number of H-pyrrole nitrogens is 1. The number of fused-ring (bicyclic) bond motifs is 1. The van der Waals surface area contributed by atoms with Crippen molar-refractivity contribution in [1.82, 2.24) is 10.3 Å². The van der Waals surface area contributed by atoms with Crippen molar-refractivity contribution in [3.63, 3.8) is 0 Å². The molecule has 0 aliphatic carbocycles. The van der Waals surface area contributed by atoms with Crippen molar-refractivity contribution in [3.8, 4) is 0 Å². The zero-order valence-electron chi connectivity index (χ0n) is 16.4. The van der Waals surface area contributed by atoms with Crippen LogP contribution in [0.25, 0.3) is 10.9 Å². The highest BCUT2D eigenvalue weighted by molar-refractivity contribution is 6.13. The smallest absolute Gasteiger partial charge is 0.270 e. The van der Waals surface area contributed by atoms with Gasteiger partial charge in [-0.1, -0.05) is 6.07 Å². The third kappa shape index (κ3) is 5.00. The number of ether oxygens (including phenoxy) is 1. The summed E-state index contributed by atoms with van der Waals surface area (Å²) < 4.78 is 5.23. The molecule has 1 aromatic heterocycles. The third-order valence-corrected chi connectivity index (χ3v) is 4.46. The first kappa shape index (κ1) is 21.0. The first-order chi connectivity index (χ1) is 14.5. The van der Waals surface area contributed by atoms with Gasteiger partial charge in [-0.2, -0.15) is 0 Å². The first-order valence-corrected chi connectivity index (χ1v) is 9.52. The maximum atomic E-state index is 12.7. The van der Waals surface area contributed by atoms with Crippen LogP contribution in [0.15, 0.2) is 48.7 Å². The van der Waals surface area contributed by atoms with Gasteiger partial charge in [0, 0.05) is 60.2 Å². The van der Waals surface area contributed by atoms with Gasteiger partial charge in [-0.3, -0.25) is 19.7 Å². The second-order valence-electron chi connectivity index (χ2n) is 6.53. The second-order valence-corrected chi connectivity index (χ2v) is 6.53. The molecule has 3 aromatic rings. The van der Waals surface area contributed by atoms with E-state index < -0.39 is 10.8 Å². The molecule has 2 aromatic carbocycles. The van der Waals surface area contributed by atoms with E-state index in [1.54, 1.807) is 30.3 Å². The Labute approximate surface area is 172 Å². The molecule has 2 amide bonds. The van der Waals surface area contributed by atoms with Gasteiger partial charge in [0.05, 0.1) is 10.5 Å². The van der Waals surface area contributed by atoms with Gasteiger partial charge in [-0.05, 0) is 37.6 Å². The summed E-state index contributed by atoms with van der Waals surface area (Å²) >= 11 is 0. The van der Waals surface area contributed by atoms with Gasteiger partial charge in [0.15, 0.2) is 0 Å². The number of non-ortho nitro benzene ring substituents is 1. The lowest BCUT2D eigenvalue weighted by Gasteiger charge is -2.08. The van der Waals surface area contributed by atoms with E-state index in [1.807, 2.05) is 6.92 Å². The number of nitro benzene ring substituents is 1. The van der Waals surface area contributed by atoms with Gasteiger partial charge in [-0.25, -0.2) is 0 Å². The third-order valence-electron chi connectivity index (χ3n) is 4.46. The van der Waals surface area contributed by atoms with Crippen LogP contribution in [0.2, 0.25) is 0 Å². The average Bonchev–Trinajstić information content (AvgIpc) is 3.17. The fourth-order valence-corrected chi connectivity index (χ4v) is 2.97. The maximum absolute atomic E-state index is 12.7. The van der Waals surface area contributed by atoms with Gasteiger partial charge in [-0.15, -0.1) is 0 Å². The molecule has 0 fully saturated rings. The Morgan fingerprint density at radius 3 is 2.77 bits per heavy atom. The van der Waals surface area contributed by atoms with Gasteiger partial charge in [0.25, 0.3) is 17.5 Å². The van der Waals surface area contributed by atoms with Crippen LogP contribution < -0.4 is 10.6 Å². The van der Waals surface area contributed by atoms with Crippen LogP contribution in [0.5, 0.6) is 0 Å². The van der Waals surface area contributed by atoms with Crippen molar-refractivity contribution in [2.75, 3.05) is 25.1 Å². The standard InChI is InChI=1S/C21H22N4O5/c1-2-30-10-4-9-22-20(26)14-5-3-6-15(11-14)24-21(27)18-13-23-19-8-7-16(25(28)29)12-17(18)19/h3,5-8,11-13,23H,2,4,9-10H2,1H3,(H,22,26)(H,24,27). The van der Waals surface area contributed by atoms with Gasteiger partial charge in [0.2, 0.25) is 0 Å². The lowest BCUT2D eigenvalue weighted by molar-refractivity contribution is -0.384. The predicted molar refractivity (Wildman–Crippen MR) is 113 cm³/mol. The summed E-state index contributed by atoms with van der Waals surface area (Å²) in [5.74, 6) is -0.679. The topological polar surface area (TPSA) is 126 Å². The summed E-state index contributed by atoms with van der Waals surface area (Å²) in [6.45, 7) is 3.62. The van der Waals surface area contributed by atoms with Crippen LogP contribution in [0.4, 0.5) is 11.4 Å². The van der Waals surface area contributed by atoms with Crippen molar-refractivity contribution in [1.29, 1.82) is 0 Å². The lowest BCUT2D eigenvalue weighted by Crippen LogP contribution is -2.25. The fourth-order valence-electron chi connectivity index (χ4n) is 2.97. The molecule has 0 saturated carbocycles. The number of carbonyl (C=O) groups is 2. The van der Waals surface area contributed by atoms with Gasteiger partial charge < -0.3 is 20.4 Å². The van der Waals surface area contributed by atoms with Crippen molar-refractivity contribution in [2.24, 2.45) is 0 Å². The van der Waals surface area contributed by atoms with E-state index in [9.17, 15) is 19.7 Å². The molecule has 0 aliphatic heterocycles. The molecule has 3 N–H and O–H groups in total. The van der Waals surface area contributed by atoms with E-state index >= 15 is 0 Å². The number of aromatic amines is 1.